The van der Waals surface area contributed by atoms with Crippen molar-refractivity contribution in [2.75, 3.05) is 33.2 Å². The number of nitrogens with one attached hydrogen (secondary N) is 1. The second-order valence-electron chi connectivity index (χ2n) is 7.45. The van der Waals surface area contributed by atoms with E-state index in [0.717, 1.165) is 17.7 Å². The van der Waals surface area contributed by atoms with Gasteiger partial charge in [-0.05, 0) is 49.4 Å². The van der Waals surface area contributed by atoms with E-state index in [1.165, 1.54) is 31.3 Å². The molecule has 0 atom stereocenters. The van der Waals surface area contributed by atoms with E-state index in [0.29, 0.717) is 43.9 Å². The van der Waals surface area contributed by atoms with Crippen molar-refractivity contribution in [3.05, 3.63) is 64.7 Å². The standard InChI is InChI=1S/C21H24F3N3O3S/c1-15-3-8-18(31(29,30)25-2)13-19(15)20(28)27-11-9-26(10-12-27)14-16-4-6-17(7-5-16)21(22,23)24/h3-8,13,25H,9-12,14H2,1-2H3. The van der Waals surface area contributed by atoms with Crippen LogP contribution in [-0.2, 0) is 22.7 Å². The number of sulfonamides is 1. The third kappa shape index (κ3) is 5.44. The van der Waals surface area contributed by atoms with Gasteiger partial charge in [-0.15, -0.1) is 0 Å². The molecule has 1 aliphatic heterocycles. The van der Waals surface area contributed by atoms with Crippen molar-refractivity contribution < 1.29 is 26.4 Å². The van der Waals surface area contributed by atoms with Gasteiger partial charge in [-0.2, -0.15) is 13.2 Å². The molecule has 1 amide bonds. The molecule has 10 heteroatoms. The van der Waals surface area contributed by atoms with Crippen molar-refractivity contribution in [1.29, 1.82) is 0 Å². The highest BCUT2D eigenvalue weighted by molar-refractivity contribution is 7.89. The summed E-state index contributed by atoms with van der Waals surface area (Å²) in [4.78, 5) is 16.7. The normalized spacial score (nSPS) is 15.8. The van der Waals surface area contributed by atoms with Crippen molar-refractivity contribution in [2.45, 2.75) is 24.5 Å². The molecule has 6 nitrogen and oxygen atoms in total. The van der Waals surface area contributed by atoms with E-state index in [4.69, 9.17) is 0 Å². The Labute approximate surface area is 179 Å². The Balaban J connectivity index is 1.63. The van der Waals surface area contributed by atoms with Gasteiger partial charge < -0.3 is 4.90 Å². The molecule has 2 aromatic carbocycles. The first-order valence-electron chi connectivity index (χ1n) is 9.73. The van der Waals surface area contributed by atoms with Crippen LogP contribution in [0.2, 0.25) is 0 Å². The predicted molar refractivity (Wildman–Crippen MR) is 110 cm³/mol. The van der Waals surface area contributed by atoms with Crippen LogP contribution in [0.5, 0.6) is 0 Å². The van der Waals surface area contributed by atoms with Crippen LogP contribution in [0.3, 0.4) is 0 Å². The monoisotopic (exact) mass is 455 g/mol. The van der Waals surface area contributed by atoms with Crippen molar-refractivity contribution >= 4 is 15.9 Å². The van der Waals surface area contributed by atoms with E-state index in [1.54, 1.807) is 17.9 Å². The Bertz CT molecular complexity index is 1050. The summed E-state index contributed by atoms with van der Waals surface area (Å²) in [5.41, 5.74) is 1.12. The first kappa shape index (κ1) is 23.2. The van der Waals surface area contributed by atoms with Gasteiger partial charge in [0, 0.05) is 38.3 Å². The van der Waals surface area contributed by atoms with Crippen LogP contribution in [0, 0.1) is 6.92 Å². The van der Waals surface area contributed by atoms with Crippen LogP contribution in [0.4, 0.5) is 13.2 Å². The molecule has 0 spiro atoms. The first-order valence-corrected chi connectivity index (χ1v) is 11.2. The summed E-state index contributed by atoms with van der Waals surface area (Å²) in [6, 6.07) is 9.54. The van der Waals surface area contributed by atoms with Gasteiger partial charge in [0.2, 0.25) is 10.0 Å². The minimum atomic E-state index is -4.35. The second kappa shape index (κ2) is 8.97. The lowest BCUT2D eigenvalue weighted by Gasteiger charge is -2.35. The molecule has 0 bridgehead atoms. The van der Waals surface area contributed by atoms with Gasteiger partial charge in [0.1, 0.15) is 0 Å². The number of piperazine rings is 1. The van der Waals surface area contributed by atoms with Crippen LogP contribution >= 0.6 is 0 Å². The molecule has 31 heavy (non-hydrogen) atoms. The maximum absolute atomic E-state index is 13.0. The van der Waals surface area contributed by atoms with Crippen LogP contribution in [0.15, 0.2) is 47.4 Å². The zero-order valence-corrected chi connectivity index (χ0v) is 18.1. The molecule has 0 radical (unpaired) electrons. The number of hydrogen-bond acceptors (Lipinski definition) is 4. The Morgan fingerprint density at radius 1 is 1.03 bits per heavy atom. The number of rotatable bonds is 5. The number of carbonyl (C=O) groups excluding carboxylic acids is 1. The zero-order chi connectivity index (χ0) is 22.8. The third-order valence-corrected chi connectivity index (χ3v) is 6.78. The van der Waals surface area contributed by atoms with E-state index in [1.807, 2.05) is 0 Å². The molecule has 3 rings (SSSR count). The summed E-state index contributed by atoms with van der Waals surface area (Å²) in [6.07, 6.45) is -4.35. The Morgan fingerprint density at radius 3 is 2.19 bits per heavy atom. The highest BCUT2D eigenvalue weighted by atomic mass is 32.2. The van der Waals surface area contributed by atoms with E-state index in [9.17, 15) is 26.4 Å². The lowest BCUT2D eigenvalue weighted by Crippen LogP contribution is -2.48. The highest BCUT2D eigenvalue weighted by Gasteiger charge is 2.30. The summed E-state index contributed by atoms with van der Waals surface area (Å²) in [7, 11) is -2.34. The minimum absolute atomic E-state index is 0.0323. The molecule has 1 fully saturated rings. The summed E-state index contributed by atoms with van der Waals surface area (Å²) in [6.45, 7) is 4.28. The number of aryl methyl sites for hydroxylation is 1. The van der Waals surface area contributed by atoms with E-state index < -0.39 is 21.8 Å². The van der Waals surface area contributed by atoms with Crippen LogP contribution in [0.25, 0.3) is 0 Å². The number of nitrogens with zero attached hydrogens (tertiary/aromatic N) is 2. The highest BCUT2D eigenvalue weighted by Crippen LogP contribution is 2.29. The molecule has 1 saturated heterocycles. The van der Waals surface area contributed by atoms with Crippen LogP contribution in [0.1, 0.15) is 27.0 Å². The lowest BCUT2D eigenvalue weighted by molar-refractivity contribution is -0.137. The molecule has 0 aliphatic carbocycles. The van der Waals surface area contributed by atoms with Crippen molar-refractivity contribution in [3.63, 3.8) is 0 Å². The fraction of sp³-hybridized carbons (Fsp3) is 0.381. The van der Waals surface area contributed by atoms with Gasteiger partial charge in [-0.25, -0.2) is 13.1 Å². The van der Waals surface area contributed by atoms with E-state index in [2.05, 4.69) is 9.62 Å². The van der Waals surface area contributed by atoms with Crippen molar-refractivity contribution in [1.82, 2.24) is 14.5 Å². The lowest BCUT2D eigenvalue weighted by atomic mass is 10.1. The fourth-order valence-electron chi connectivity index (χ4n) is 3.45. The van der Waals surface area contributed by atoms with Crippen LogP contribution in [-0.4, -0.2) is 57.4 Å². The Hall–Kier alpha value is -2.43. The number of carbonyl (C=O) groups is 1. The van der Waals surface area contributed by atoms with Gasteiger partial charge in [0.25, 0.3) is 5.91 Å². The Kier molecular flexibility index (Phi) is 6.73. The van der Waals surface area contributed by atoms with Crippen molar-refractivity contribution in [3.8, 4) is 0 Å². The second-order valence-corrected chi connectivity index (χ2v) is 9.33. The third-order valence-electron chi connectivity index (χ3n) is 5.37. The summed E-state index contributed by atoms with van der Waals surface area (Å²) in [5.74, 6) is -0.236. The summed E-state index contributed by atoms with van der Waals surface area (Å²) >= 11 is 0. The van der Waals surface area contributed by atoms with Crippen molar-refractivity contribution in [2.24, 2.45) is 0 Å². The molecule has 1 heterocycles. The molecule has 2 aromatic rings. The molecule has 0 saturated carbocycles. The minimum Gasteiger partial charge on any atom is -0.336 e. The maximum atomic E-state index is 13.0. The number of amides is 1. The zero-order valence-electron chi connectivity index (χ0n) is 17.2. The molecule has 168 valence electrons. The quantitative estimate of drug-likeness (QED) is 0.753. The maximum Gasteiger partial charge on any atom is 0.416 e. The predicted octanol–water partition coefficient (Wildman–Crippen LogP) is 2.88. The average Bonchev–Trinajstić information content (AvgIpc) is 2.74. The number of alkyl halides is 3. The van der Waals surface area contributed by atoms with Gasteiger partial charge in [0.05, 0.1) is 10.5 Å². The molecule has 1 N–H and O–H groups in total. The smallest absolute Gasteiger partial charge is 0.336 e. The van der Waals surface area contributed by atoms with E-state index >= 15 is 0 Å². The van der Waals surface area contributed by atoms with Gasteiger partial charge in [-0.3, -0.25) is 9.69 Å². The van der Waals surface area contributed by atoms with Gasteiger partial charge >= 0.3 is 6.18 Å². The molecular weight excluding hydrogens is 431 g/mol. The van der Waals surface area contributed by atoms with Gasteiger partial charge in [-0.1, -0.05) is 18.2 Å². The first-order chi connectivity index (χ1) is 14.5. The fourth-order valence-corrected chi connectivity index (χ4v) is 4.21. The van der Waals surface area contributed by atoms with Crippen LogP contribution < -0.4 is 4.72 Å². The molecular formula is C21H24F3N3O3S. The van der Waals surface area contributed by atoms with Gasteiger partial charge in [0.15, 0.2) is 0 Å². The largest absolute Gasteiger partial charge is 0.416 e. The molecule has 0 unspecified atom stereocenters. The van der Waals surface area contributed by atoms with E-state index in [-0.39, 0.29) is 10.8 Å². The average molecular weight is 456 g/mol. The summed E-state index contributed by atoms with van der Waals surface area (Å²) in [5, 5.41) is 0. The topological polar surface area (TPSA) is 69.7 Å². The Morgan fingerprint density at radius 2 is 1.65 bits per heavy atom. The molecule has 0 aromatic heterocycles. The summed E-state index contributed by atoms with van der Waals surface area (Å²) < 4.78 is 64.4. The number of halogens is 3. The number of hydrogen-bond donors (Lipinski definition) is 1. The SMILES string of the molecule is CNS(=O)(=O)c1ccc(C)c(C(=O)N2CCN(Cc3ccc(C(F)(F)F)cc3)CC2)c1. The number of benzene rings is 2. The molecule has 1 aliphatic rings.